The summed E-state index contributed by atoms with van der Waals surface area (Å²) in [6.45, 7) is 2.68. The van der Waals surface area contributed by atoms with Gasteiger partial charge in [0, 0.05) is 12.0 Å². The summed E-state index contributed by atoms with van der Waals surface area (Å²) in [6.07, 6.45) is 11.6. The zero-order valence-electron chi connectivity index (χ0n) is 11.1. The van der Waals surface area contributed by atoms with Gasteiger partial charge in [-0.25, -0.2) is 4.79 Å². The maximum atomic E-state index is 11.6. The van der Waals surface area contributed by atoms with Gasteiger partial charge in [0.25, 0.3) is 0 Å². The van der Waals surface area contributed by atoms with Gasteiger partial charge in [-0.3, -0.25) is 4.79 Å². The summed E-state index contributed by atoms with van der Waals surface area (Å²) in [5.41, 5.74) is 1.23. The molecule has 0 aromatic rings. The average molecular weight is 250 g/mol. The molecule has 0 aliphatic heterocycles. The molecule has 0 saturated carbocycles. The minimum atomic E-state index is -0.281. The van der Waals surface area contributed by atoms with Crippen molar-refractivity contribution in [3.8, 4) is 0 Å². The summed E-state index contributed by atoms with van der Waals surface area (Å²) in [5, 5.41) is 0. The highest BCUT2D eigenvalue weighted by molar-refractivity contribution is 5.93. The van der Waals surface area contributed by atoms with Crippen LogP contribution in [0.5, 0.6) is 0 Å². The Morgan fingerprint density at radius 2 is 1.94 bits per heavy atom. The first-order chi connectivity index (χ1) is 8.77. The molecule has 0 atom stereocenters. The highest BCUT2D eigenvalue weighted by Gasteiger charge is 2.16. The standard InChI is InChI=1S/C15H22O3/c1-2-3-4-5-6-7-10-18-15(17)14-9-8-13(11-14)12-16/h8-9,12H,2-7,10-11H2,1H3. The van der Waals surface area contributed by atoms with Crippen molar-refractivity contribution in [1.29, 1.82) is 0 Å². The molecule has 3 heteroatoms. The van der Waals surface area contributed by atoms with Crippen LogP contribution in [-0.4, -0.2) is 18.9 Å². The smallest absolute Gasteiger partial charge is 0.334 e. The van der Waals surface area contributed by atoms with Gasteiger partial charge in [-0.2, -0.15) is 0 Å². The number of rotatable bonds is 9. The van der Waals surface area contributed by atoms with Crippen LogP contribution in [0.15, 0.2) is 23.3 Å². The number of unbranched alkanes of at least 4 members (excludes halogenated alkanes) is 5. The van der Waals surface area contributed by atoms with E-state index in [1.54, 1.807) is 12.2 Å². The molecule has 100 valence electrons. The van der Waals surface area contributed by atoms with E-state index >= 15 is 0 Å². The van der Waals surface area contributed by atoms with Gasteiger partial charge in [0.1, 0.15) is 6.29 Å². The van der Waals surface area contributed by atoms with Crippen LogP contribution in [0.3, 0.4) is 0 Å². The minimum absolute atomic E-state index is 0.281. The van der Waals surface area contributed by atoms with Crippen LogP contribution in [0, 0.1) is 0 Å². The largest absolute Gasteiger partial charge is 0.462 e. The molecule has 0 aromatic heterocycles. The fraction of sp³-hybridized carbons (Fsp3) is 0.600. The Labute approximate surface area is 109 Å². The van der Waals surface area contributed by atoms with Crippen LogP contribution in [-0.2, 0) is 14.3 Å². The molecule has 0 unspecified atom stereocenters. The van der Waals surface area contributed by atoms with E-state index < -0.39 is 0 Å². The number of ether oxygens (including phenoxy) is 1. The molecule has 0 heterocycles. The summed E-state index contributed by atoms with van der Waals surface area (Å²) < 4.78 is 5.17. The summed E-state index contributed by atoms with van der Waals surface area (Å²) in [4.78, 5) is 22.1. The Kier molecular flexibility index (Phi) is 7.07. The number of aldehydes is 1. The van der Waals surface area contributed by atoms with Gasteiger partial charge in [0.05, 0.1) is 6.61 Å². The van der Waals surface area contributed by atoms with Gasteiger partial charge in [-0.05, 0) is 12.0 Å². The molecule has 0 bridgehead atoms. The molecular weight excluding hydrogens is 228 g/mol. The fourth-order valence-corrected chi connectivity index (χ4v) is 1.91. The van der Waals surface area contributed by atoms with Gasteiger partial charge >= 0.3 is 5.97 Å². The van der Waals surface area contributed by atoms with Crippen LogP contribution in [0.25, 0.3) is 0 Å². The fourth-order valence-electron chi connectivity index (χ4n) is 1.91. The predicted octanol–water partition coefficient (Wildman–Crippen LogP) is 3.35. The van der Waals surface area contributed by atoms with Crippen molar-refractivity contribution in [2.75, 3.05) is 6.61 Å². The topological polar surface area (TPSA) is 43.4 Å². The molecular formula is C15H22O3. The number of hydrogen-bond donors (Lipinski definition) is 0. The highest BCUT2D eigenvalue weighted by atomic mass is 16.5. The van der Waals surface area contributed by atoms with Crippen molar-refractivity contribution in [1.82, 2.24) is 0 Å². The molecule has 1 rings (SSSR count). The molecule has 3 nitrogen and oxygen atoms in total. The van der Waals surface area contributed by atoms with E-state index in [2.05, 4.69) is 6.92 Å². The molecule has 0 amide bonds. The Morgan fingerprint density at radius 3 is 2.61 bits per heavy atom. The Morgan fingerprint density at radius 1 is 1.22 bits per heavy atom. The Balaban J connectivity index is 2.03. The second-order valence-electron chi connectivity index (χ2n) is 4.63. The predicted molar refractivity (Wildman–Crippen MR) is 71.2 cm³/mol. The lowest BCUT2D eigenvalue weighted by Gasteiger charge is -2.05. The monoisotopic (exact) mass is 250 g/mol. The first-order valence-electron chi connectivity index (χ1n) is 6.80. The van der Waals surface area contributed by atoms with Crippen LogP contribution in [0.1, 0.15) is 51.9 Å². The quantitative estimate of drug-likeness (QED) is 0.358. The molecule has 1 aliphatic rings. The summed E-state index contributed by atoms with van der Waals surface area (Å²) in [6, 6.07) is 0. The molecule has 0 spiro atoms. The number of hydrogen-bond acceptors (Lipinski definition) is 3. The maximum Gasteiger partial charge on any atom is 0.334 e. The lowest BCUT2D eigenvalue weighted by atomic mass is 10.1. The SMILES string of the molecule is CCCCCCCCOC(=O)C1=CC=C(C=O)C1. The number of esters is 1. The number of allylic oxidation sites excluding steroid dienone is 3. The van der Waals surface area contributed by atoms with Crippen molar-refractivity contribution in [2.45, 2.75) is 51.9 Å². The first-order valence-corrected chi connectivity index (χ1v) is 6.80. The molecule has 0 aromatic carbocycles. The van der Waals surface area contributed by atoms with Gasteiger partial charge in [-0.1, -0.05) is 51.2 Å². The van der Waals surface area contributed by atoms with Crippen molar-refractivity contribution >= 4 is 12.3 Å². The van der Waals surface area contributed by atoms with Crippen LogP contribution < -0.4 is 0 Å². The molecule has 0 radical (unpaired) electrons. The van der Waals surface area contributed by atoms with Crippen molar-refractivity contribution < 1.29 is 14.3 Å². The van der Waals surface area contributed by atoms with E-state index in [1.807, 2.05) is 0 Å². The van der Waals surface area contributed by atoms with Crippen molar-refractivity contribution in [3.05, 3.63) is 23.3 Å². The second kappa shape index (κ2) is 8.67. The summed E-state index contributed by atoms with van der Waals surface area (Å²) >= 11 is 0. The van der Waals surface area contributed by atoms with Crippen LogP contribution in [0.4, 0.5) is 0 Å². The Bertz CT molecular complexity index is 340. The van der Waals surface area contributed by atoms with E-state index in [0.717, 1.165) is 19.1 Å². The maximum absolute atomic E-state index is 11.6. The lowest BCUT2D eigenvalue weighted by Crippen LogP contribution is -2.08. The van der Waals surface area contributed by atoms with Gasteiger partial charge in [0.2, 0.25) is 0 Å². The second-order valence-corrected chi connectivity index (χ2v) is 4.63. The van der Waals surface area contributed by atoms with Gasteiger partial charge in [-0.15, -0.1) is 0 Å². The third-order valence-electron chi connectivity index (χ3n) is 3.04. The zero-order valence-corrected chi connectivity index (χ0v) is 11.1. The lowest BCUT2D eigenvalue weighted by molar-refractivity contribution is -0.139. The van der Waals surface area contributed by atoms with E-state index in [-0.39, 0.29) is 5.97 Å². The minimum Gasteiger partial charge on any atom is -0.462 e. The van der Waals surface area contributed by atoms with Crippen molar-refractivity contribution in [2.24, 2.45) is 0 Å². The van der Waals surface area contributed by atoms with E-state index in [1.165, 1.54) is 25.7 Å². The van der Waals surface area contributed by atoms with Crippen LogP contribution >= 0.6 is 0 Å². The molecule has 0 N–H and O–H groups in total. The normalized spacial score (nSPS) is 14.1. The first kappa shape index (κ1) is 14.7. The Hall–Kier alpha value is -1.38. The third-order valence-corrected chi connectivity index (χ3v) is 3.04. The van der Waals surface area contributed by atoms with E-state index in [4.69, 9.17) is 4.74 Å². The van der Waals surface area contributed by atoms with Crippen LogP contribution in [0.2, 0.25) is 0 Å². The average Bonchev–Trinajstić information content (AvgIpc) is 2.86. The van der Waals surface area contributed by atoms with Gasteiger partial charge in [0.15, 0.2) is 0 Å². The molecule has 18 heavy (non-hydrogen) atoms. The number of carbonyl (C=O) groups excluding carboxylic acids is 2. The molecule has 1 aliphatic carbocycles. The van der Waals surface area contributed by atoms with Crippen molar-refractivity contribution in [3.63, 3.8) is 0 Å². The van der Waals surface area contributed by atoms with E-state index in [9.17, 15) is 9.59 Å². The molecule has 0 fully saturated rings. The zero-order chi connectivity index (χ0) is 13.2. The summed E-state index contributed by atoms with van der Waals surface area (Å²) in [5.74, 6) is -0.281. The highest BCUT2D eigenvalue weighted by Crippen LogP contribution is 2.18. The third kappa shape index (κ3) is 5.30. The summed E-state index contributed by atoms with van der Waals surface area (Å²) in [7, 11) is 0. The number of carbonyl (C=O) groups is 2. The van der Waals surface area contributed by atoms with E-state index in [0.29, 0.717) is 24.2 Å². The molecule has 0 saturated heterocycles. The van der Waals surface area contributed by atoms with Gasteiger partial charge < -0.3 is 4.74 Å².